The fourth-order valence-electron chi connectivity index (χ4n) is 2.77. The molecule has 0 bridgehead atoms. The van der Waals surface area contributed by atoms with Crippen molar-refractivity contribution in [1.29, 1.82) is 0 Å². The maximum absolute atomic E-state index is 14.5. The molecule has 1 atom stereocenters. The molecule has 3 aromatic rings. The van der Waals surface area contributed by atoms with Gasteiger partial charge in [0.1, 0.15) is 17.1 Å². The van der Waals surface area contributed by atoms with E-state index in [-0.39, 0.29) is 16.7 Å². The summed E-state index contributed by atoms with van der Waals surface area (Å²) in [5.41, 5.74) is 3.60. The fourth-order valence-corrected chi connectivity index (χ4v) is 3.29. The summed E-state index contributed by atoms with van der Waals surface area (Å²) in [5.74, 6) is -4.70. The number of nitrogens with zero attached hydrogens (tertiary/aromatic N) is 1. The van der Waals surface area contributed by atoms with E-state index in [1.807, 2.05) is 13.8 Å². The van der Waals surface area contributed by atoms with Gasteiger partial charge in [0.25, 0.3) is 5.91 Å². The van der Waals surface area contributed by atoms with Crippen LogP contribution in [0.3, 0.4) is 0 Å². The molecule has 184 valence electrons. The van der Waals surface area contributed by atoms with Gasteiger partial charge in [0.05, 0.1) is 12.2 Å². The van der Waals surface area contributed by atoms with Crippen LogP contribution in [0.2, 0.25) is 0 Å². The van der Waals surface area contributed by atoms with Crippen LogP contribution in [0, 0.1) is 11.6 Å². The zero-order chi connectivity index (χ0) is 25.6. The highest BCUT2D eigenvalue weighted by Crippen LogP contribution is 2.36. The molecule has 1 amide bonds. The number of alkyl halides is 3. The summed E-state index contributed by atoms with van der Waals surface area (Å²) >= 11 is 1.09. The van der Waals surface area contributed by atoms with Gasteiger partial charge in [0.2, 0.25) is 5.89 Å². The maximum atomic E-state index is 14.5. The van der Waals surface area contributed by atoms with Crippen LogP contribution in [0.25, 0.3) is 11.3 Å². The molecule has 2 aromatic carbocycles. The second kappa shape index (κ2) is 11.3. The molecule has 1 unspecified atom stereocenters. The van der Waals surface area contributed by atoms with Crippen molar-refractivity contribution >= 4 is 17.7 Å². The average molecular weight is 504 g/mol. The topological polar surface area (TPSA) is 98.6 Å². The summed E-state index contributed by atoms with van der Waals surface area (Å²) in [7, 11) is 0. The first kappa shape index (κ1) is 27.1. The van der Waals surface area contributed by atoms with Gasteiger partial charge in [-0.1, -0.05) is 37.7 Å². The number of aliphatic hydroxyl groups excluding tert-OH is 1. The zero-order valence-corrected chi connectivity index (χ0v) is 19.1. The molecule has 0 spiro atoms. The van der Waals surface area contributed by atoms with Crippen LogP contribution in [0.15, 0.2) is 45.9 Å². The quantitative estimate of drug-likeness (QED) is 0.321. The Balaban J connectivity index is 0.00000199. The number of halogens is 5. The summed E-state index contributed by atoms with van der Waals surface area (Å²) in [4.78, 5) is 15.5. The van der Waals surface area contributed by atoms with Gasteiger partial charge in [-0.2, -0.15) is 13.2 Å². The van der Waals surface area contributed by atoms with Gasteiger partial charge in [-0.15, -0.1) is 0 Å². The summed E-state index contributed by atoms with van der Waals surface area (Å²) < 4.78 is 77.4. The van der Waals surface area contributed by atoms with Gasteiger partial charge in [-0.3, -0.25) is 4.79 Å². The van der Waals surface area contributed by atoms with E-state index in [9.17, 15) is 31.9 Å². The molecule has 12 heteroatoms. The number of nitrogens with two attached hydrogens (primary N) is 1. The lowest BCUT2D eigenvalue weighted by molar-refractivity contribution is -0.137. The molecule has 3 N–H and O–H groups in total. The van der Waals surface area contributed by atoms with E-state index in [0.29, 0.717) is 5.56 Å². The lowest BCUT2D eigenvalue weighted by Crippen LogP contribution is -2.18. The molecular weight excluding hydrogens is 483 g/mol. The lowest BCUT2D eigenvalue weighted by atomic mass is 10.1. The largest absolute Gasteiger partial charge is 0.475 e. The van der Waals surface area contributed by atoms with Crippen molar-refractivity contribution in [2.45, 2.75) is 31.2 Å². The van der Waals surface area contributed by atoms with E-state index in [4.69, 9.17) is 14.9 Å². The van der Waals surface area contributed by atoms with Gasteiger partial charge in [0, 0.05) is 5.56 Å². The Labute approximate surface area is 195 Å². The van der Waals surface area contributed by atoms with Crippen LogP contribution in [-0.4, -0.2) is 28.9 Å². The molecule has 6 nitrogen and oxygen atoms in total. The van der Waals surface area contributed by atoms with Crippen molar-refractivity contribution in [3.8, 4) is 17.0 Å². The Morgan fingerprint density at radius 1 is 1.18 bits per heavy atom. The number of primary amides is 1. The van der Waals surface area contributed by atoms with Crippen molar-refractivity contribution in [3.05, 3.63) is 65.1 Å². The molecule has 0 saturated heterocycles. The number of oxazole rings is 1. The predicted octanol–water partition coefficient (Wildman–Crippen LogP) is 5.60. The van der Waals surface area contributed by atoms with Crippen molar-refractivity contribution in [1.82, 2.24) is 4.98 Å². The monoisotopic (exact) mass is 504 g/mol. The highest BCUT2D eigenvalue weighted by molar-refractivity contribution is 7.98. The average Bonchev–Trinajstić information content (AvgIpc) is 3.23. The molecule has 3 rings (SSSR count). The number of aliphatic hydroxyl groups is 1. The maximum Gasteiger partial charge on any atom is 0.416 e. The molecule has 0 saturated carbocycles. The fraction of sp³-hybridized carbons (Fsp3) is 0.273. The Morgan fingerprint density at radius 2 is 1.79 bits per heavy atom. The zero-order valence-electron chi connectivity index (χ0n) is 18.2. The van der Waals surface area contributed by atoms with Crippen molar-refractivity contribution < 1.29 is 41.0 Å². The standard InChI is InChI=1S/C20H15F5N2O4S.C2H6/c1-32-19-16(9-2-4-10(5-3-9)20(23,24)25)27-18(31-19)13(8-28)30-12-7-6-11(21)14(15(12)22)17(26)29;1-2/h2-7,13,28H,8H2,1H3,(H2,26,29);1-2H3. The third-order valence-electron chi connectivity index (χ3n) is 4.30. The number of hydrogen-bond donors (Lipinski definition) is 2. The molecule has 0 aliphatic carbocycles. The number of benzene rings is 2. The first-order chi connectivity index (χ1) is 16.1. The van der Waals surface area contributed by atoms with Crippen LogP contribution in [-0.2, 0) is 6.18 Å². The third-order valence-corrected chi connectivity index (χ3v) is 4.94. The van der Waals surface area contributed by atoms with Crippen LogP contribution in [0.5, 0.6) is 5.75 Å². The summed E-state index contributed by atoms with van der Waals surface area (Å²) in [6.45, 7) is 3.25. The summed E-state index contributed by atoms with van der Waals surface area (Å²) in [5, 5.41) is 9.90. The second-order valence-electron chi connectivity index (χ2n) is 6.36. The molecule has 1 aromatic heterocycles. The van der Waals surface area contributed by atoms with E-state index in [2.05, 4.69) is 4.98 Å². The number of carbonyl (C=O) groups is 1. The van der Waals surface area contributed by atoms with E-state index in [1.54, 1.807) is 6.26 Å². The highest BCUT2D eigenvalue weighted by Gasteiger charge is 2.31. The number of thioether (sulfide) groups is 1. The molecule has 0 aliphatic heterocycles. The summed E-state index contributed by atoms with van der Waals surface area (Å²) in [6.07, 6.45) is -4.25. The minimum Gasteiger partial charge on any atom is -0.475 e. The van der Waals surface area contributed by atoms with Gasteiger partial charge >= 0.3 is 6.18 Å². The Hall–Kier alpha value is -3.12. The Bertz CT molecular complexity index is 1130. The molecule has 0 aliphatic rings. The van der Waals surface area contributed by atoms with Crippen molar-refractivity contribution in [2.75, 3.05) is 12.9 Å². The molecule has 0 radical (unpaired) electrons. The van der Waals surface area contributed by atoms with E-state index < -0.39 is 53.3 Å². The number of hydrogen-bond acceptors (Lipinski definition) is 6. The van der Waals surface area contributed by atoms with E-state index in [0.717, 1.165) is 36.0 Å². The second-order valence-corrected chi connectivity index (χ2v) is 7.13. The minimum atomic E-state index is -4.51. The van der Waals surface area contributed by atoms with Gasteiger partial charge < -0.3 is 20.0 Å². The van der Waals surface area contributed by atoms with Gasteiger partial charge in [-0.05, 0) is 30.5 Å². The van der Waals surface area contributed by atoms with Crippen LogP contribution < -0.4 is 10.5 Å². The van der Waals surface area contributed by atoms with E-state index in [1.165, 1.54) is 12.1 Å². The number of carbonyl (C=O) groups excluding carboxylic acids is 1. The Morgan fingerprint density at radius 3 is 2.29 bits per heavy atom. The van der Waals surface area contributed by atoms with Crippen LogP contribution in [0.1, 0.15) is 41.8 Å². The Kier molecular flexibility index (Phi) is 9.05. The molecule has 1 heterocycles. The van der Waals surface area contributed by atoms with Crippen molar-refractivity contribution in [2.24, 2.45) is 5.73 Å². The molecular formula is C22H21F5N2O4S. The number of rotatable bonds is 7. The SMILES string of the molecule is CC.CSc1oc(C(CO)Oc2ccc(F)c(C(N)=O)c2F)nc1-c1ccc(C(F)(F)F)cc1. The highest BCUT2D eigenvalue weighted by atomic mass is 32.2. The normalized spacial score (nSPS) is 12.0. The molecule has 34 heavy (non-hydrogen) atoms. The number of aromatic nitrogens is 1. The van der Waals surface area contributed by atoms with Gasteiger partial charge in [-0.25, -0.2) is 13.8 Å². The van der Waals surface area contributed by atoms with Crippen LogP contribution in [0.4, 0.5) is 22.0 Å². The van der Waals surface area contributed by atoms with Crippen molar-refractivity contribution in [3.63, 3.8) is 0 Å². The summed E-state index contributed by atoms with van der Waals surface area (Å²) in [6, 6.07) is 5.84. The van der Waals surface area contributed by atoms with Crippen LogP contribution >= 0.6 is 11.8 Å². The smallest absolute Gasteiger partial charge is 0.416 e. The number of ether oxygens (including phenoxy) is 1. The predicted molar refractivity (Wildman–Crippen MR) is 115 cm³/mol. The first-order valence-electron chi connectivity index (χ1n) is 9.84. The first-order valence-corrected chi connectivity index (χ1v) is 11.1. The third kappa shape index (κ3) is 5.86. The molecule has 0 fully saturated rings. The lowest BCUT2D eigenvalue weighted by Gasteiger charge is -2.15. The number of amides is 1. The van der Waals surface area contributed by atoms with Gasteiger partial charge in [0.15, 0.2) is 22.8 Å². The minimum absolute atomic E-state index is 0.181. The van der Waals surface area contributed by atoms with E-state index >= 15 is 0 Å².